The molecular formula is C23H35N3O4. The van der Waals surface area contributed by atoms with Gasteiger partial charge in [0.25, 0.3) is 0 Å². The highest BCUT2D eigenvalue weighted by molar-refractivity contribution is 5.89. The third-order valence-electron chi connectivity index (χ3n) is 5.46. The zero-order valence-electron chi connectivity index (χ0n) is 18.9. The summed E-state index contributed by atoms with van der Waals surface area (Å²) in [4.78, 5) is 38.1. The molecule has 7 nitrogen and oxygen atoms in total. The molecule has 0 spiro atoms. The average Bonchev–Trinajstić information content (AvgIpc) is 2.71. The van der Waals surface area contributed by atoms with E-state index in [0.717, 1.165) is 12.0 Å². The fraction of sp³-hybridized carbons (Fsp3) is 0.522. The van der Waals surface area contributed by atoms with E-state index in [4.69, 9.17) is 5.11 Å². The summed E-state index contributed by atoms with van der Waals surface area (Å²) in [5.74, 6) is -1.55. The Bertz CT molecular complexity index is 759. The molecule has 0 saturated heterocycles. The lowest BCUT2D eigenvalue weighted by atomic mass is 9.77. The Morgan fingerprint density at radius 3 is 2.30 bits per heavy atom. The number of carboxylic acid groups (broad SMARTS) is 1. The first-order valence-electron chi connectivity index (χ1n) is 10.2. The summed E-state index contributed by atoms with van der Waals surface area (Å²) < 4.78 is 0. The third-order valence-corrected chi connectivity index (χ3v) is 5.46. The van der Waals surface area contributed by atoms with Crippen molar-refractivity contribution < 1.29 is 19.5 Å². The van der Waals surface area contributed by atoms with Gasteiger partial charge in [0.15, 0.2) is 0 Å². The van der Waals surface area contributed by atoms with Gasteiger partial charge >= 0.3 is 5.97 Å². The van der Waals surface area contributed by atoms with Crippen LogP contribution in [0.3, 0.4) is 0 Å². The molecule has 0 aliphatic carbocycles. The van der Waals surface area contributed by atoms with Crippen LogP contribution >= 0.6 is 0 Å². The number of carboxylic acids is 1. The number of nitrogens with zero attached hydrogens (tertiary/aromatic N) is 1. The molecule has 2 atom stereocenters. The van der Waals surface area contributed by atoms with Crippen LogP contribution < -0.4 is 10.6 Å². The van der Waals surface area contributed by atoms with Crippen molar-refractivity contribution in [2.45, 2.75) is 58.0 Å². The number of hydrogen-bond donors (Lipinski definition) is 3. The first-order valence-corrected chi connectivity index (χ1v) is 10.2. The van der Waals surface area contributed by atoms with Crippen LogP contribution in [-0.4, -0.2) is 60.5 Å². The van der Waals surface area contributed by atoms with Crippen molar-refractivity contribution in [2.75, 3.05) is 20.6 Å². The fourth-order valence-electron chi connectivity index (χ4n) is 3.47. The van der Waals surface area contributed by atoms with Crippen LogP contribution in [0.15, 0.2) is 42.0 Å². The van der Waals surface area contributed by atoms with Gasteiger partial charge in [-0.2, -0.15) is 0 Å². The molecule has 2 amide bonds. The van der Waals surface area contributed by atoms with Gasteiger partial charge in [-0.25, -0.2) is 4.79 Å². The quantitative estimate of drug-likeness (QED) is 0.480. The number of nitrogens with one attached hydrogen (secondary N) is 2. The maximum absolute atomic E-state index is 12.8. The largest absolute Gasteiger partial charge is 0.478 e. The summed E-state index contributed by atoms with van der Waals surface area (Å²) >= 11 is 0. The Balaban J connectivity index is 2.85. The molecule has 30 heavy (non-hydrogen) atoms. The molecule has 0 saturated carbocycles. The average molecular weight is 418 g/mol. The van der Waals surface area contributed by atoms with Gasteiger partial charge in [0.2, 0.25) is 11.8 Å². The summed E-state index contributed by atoms with van der Waals surface area (Å²) in [7, 11) is 3.35. The molecule has 0 bridgehead atoms. The van der Waals surface area contributed by atoms with Crippen molar-refractivity contribution >= 4 is 17.8 Å². The fourth-order valence-corrected chi connectivity index (χ4v) is 3.47. The van der Waals surface area contributed by atoms with E-state index in [9.17, 15) is 14.4 Å². The third kappa shape index (κ3) is 6.69. The second kappa shape index (κ2) is 11.5. The lowest BCUT2D eigenvalue weighted by Crippen LogP contribution is -2.55. The van der Waals surface area contributed by atoms with Crippen molar-refractivity contribution in [1.29, 1.82) is 0 Å². The van der Waals surface area contributed by atoms with E-state index < -0.39 is 17.4 Å². The predicted molar refractivity (Wildman–Crippen MR) is 118 cm³/mol. The van der Waals surface area contributed by atoms with Gasteiger partial charge in [-0.3, -0.25) is 9.59 Å². The minimum absolute atomic E-state index is 0.154. The van der Waals surface area contributed by atoms with Crippen molar-refractivity contribution in [3.63, 3.8) is 0 Å². The number of likely N-dealkylation sites (N-methyl/N-ethyl adjacent to an activating group) is 2. The lowest BCUT2D eigenvalue weighted by Gasteiger charge is -2.34. The number of benzene rings is 1. The van der Waals surface area contributed by atoms with E-state index >= 15 is 0 Å². The second-order valence-electron chi connectivity index (χ2n) is 8.04. The molecular weight excluding hydrogens is 382 g/mol. The van der Waals surface area contributed by atoms with E-state index in [1.165, 1.54) is 11.8 Å². The molecule has 3 N–H and O–H groups in total. The summed E-state index contributed by atoms with van der Waals surface area (Å²) in [6, 6.07) is 8.87. The highest BCUT2D eigenvalue weighted by Crippen LogP contribution is 2.27. The zero-order chi connectivity index (χ0) is 22.9. The van der Waals surface area contributed by atoms with Gasteiger partial charge in [-0.15, -0.1) is 0 Å². The number of amides is 2. The molecule has 0 aliphatic heterocycles. The van der Waals surface area contributed by atoms with Crippen molar-refractivity contribution in [3.05, 3.63) is 47.5 Å². The van der Waals surface area contributed by atoms with Crippen LogP contribution in [-0.2, 0) is 19.8 Å². The number of carbonyl (C=O) groups is 3. The topological polar surface area (TPSA) is 98.7 Å². The molecule has 1 aromatic carbocycles. The smallest absolute Gasteiger partial charge is 0.331 e. The van der Waals surface area contributed by atoms with E-state index in [2.05, 4.69) is 10.6 Å². The molecule has 0 heterocycles. The number of aliphatic carboxylic acids is 1. The van der Waals surface area contributed by atoms with E-state index in [0.29, 0.717) is 6.42 Å². The van der Waals surface area contributed by atoms with E-state index in [-0.39, 0.29) is 30.0 Å². The van der Waals surface area contributed by atoms with Gasteiger partial charge in [-0.05, 0) is 26.0 Å². The molecule has 0 radical (unpaired) electrons. The Morgan fingerprint density at radius 2 is 1.80 bits per heavy atom. The molecule has 1 unspecified atom stereocenters. The maximum atomic E-state index is 12.8. The standard InChI is InChI=1S/C23H35N3O4/c1-7-11-18(14-16(2)22(29)30)26(6)19(27)15-25-21(28)20(24-5)23(3,4)17-12-9-8-10-13-17/h8-10,12-14,18,20,24H,7,11,15H2,1-6H3,(H,25,28)(H,29,30)/b16-14+/t18-,20?/m0/s1. The second-order valence-corrected chi connectivity index (χ2v) is 8.04. The molecule has 0 fully saturated rings. The summed E-state index contributed by atoms with van der Waals surface area (Å²) in [6.07, 6.45) is 3.02. The zero-order valence-corrected chi connectivity index (χ0v) is 18.9. The number of carbonyl (C=O) groups excluding carboxylic acids is 2. The molecule has 7 heteroatoms. The van der Waals surface area contributed by atoms with Crippen molar-refractivity contribution in [2.24, 2.45) is 0 Å². The van der Waals surface area contributed by atoms with Gasteiger partial charge in [0.05, 0.1) is 18.6 Å². The first kappa shape index (κ1) is 25.4. The minimum Gasteiger partial charge on any atom is -0.478 e. The molecule has 1 aromatic rings. The summed E-state index contributed by atoms with van der Waals surface area (Å²) in [5, 5.41) is 14.9. The van der Waals surface area contributed by atoms with Crippen LogP contribution in [0.2, 0.25) is 0 Å². The Labute approximate surface area is 179 Å². The minimum atomic E-state index is -1.01. The van der Waals surface area contributed by atoms with Gasteiger partial charge in [-0.1, -0.05) is 63.6 Å². The van der Waals surface area contributed by atoms with Gasteiger partial charge < -0.3 is 20.6 Å². The van der Waals surface area contributed by atoms with Crippen LogP contribution in [0.5, 0.6) is 0 Å². The molecule has 0 aliphatic rings. The highest BCUT2D eigenvalue weighted by atomic mass is 16.4. The summed E-state index contributed by atoms with van der Waals surface area (Å²) in [5.41, 5.74) is 0.721. The lowest BCUT2D eigenvalue weighted by molar-refractivity contribution is -0.134. The SMILES string of the molecule is CCC[C@@H](/C=C(\C)C(=O)O)N(C)C(=O)CNC(=O)C(NC)C(C)(C)c1ccccc1. The first-order chi connectivity index (χ1) is 14.1. The predicted octanol–water partition coefficient (Wildman–Crippen LogP) is 2.33. The Kier molecular flexibility index (Phi) is 9.72. The van der Waals surface area contributed by atoms with Gasteiger partial charge in [0.1, 0.15) is 0 Å². The van der Waals surface area contributed by atoms with E-state index in [1.54, 1.807) is 20.2 Å². The Hall–Kier alpha value is -2.67. The Morgan fingerprint density at radius 1 is 1.20 bits per heavy atom. The maximum Gasteiger partial charge on any atom is 0.331 e. The number of hydrogen-bond acceptors (Lipinski definition) is 4. The van der Waals surface area contributed by atoms with Crippen molar-refractivity contribution in [3.8, 4) is 0 Å². The van der Waals surface area contributed by atoms with E-state index in [1.807, 2.05) is 51.1 Å². The van der Waals surface area contributed by atoms with Crippen LogP contribution in [0.4, 0.5) is 0 Å². The van der Waals surface area contributed by atoms with Crippen molar-refractivity contribution in [1.82, 2.24) is 15.5 Å². The van der Waals surface area contributed by atoms with Crippen LogP contribution in [0, 0.1) is 0 Å². The summed E-state index contributed by atoms with van der Waals surface area (Å²) in [6.45, 7) is 7.29. The molecule has 166 valence electrons. The molecule has 0 aromatic heterocycles. The highest BCUT2D eigenvalue weighted by Gasteiger charge is 2.35. The van der Waals surface area contributed by atoms with Crippen LogP contribution in [0.25, 0.3) is 0 Å². The molecule has 1 rings (SSSR count). The van der Waals surface area contributed by atoms with Crippen LogP contribution in [0.1, 0.15) is 46.1 Å². The van der Waals surface area contributed by atoms with Gasteiger partial charge in [0, 0.05) is 18.0 Å². The normalized spacial score (nSPS) is 14.0. The number of rotatable bonds is 11. The monoisotopic (exact) mass is 417 g/mol.